The maximum absolute atomic E-state index is 11.5. The van der Waals surface area contributed by atoms with Gasteiger partial charge in [-0.1, -0.05) is 29.8 Å². The molecule has 0 aromatic heterocycles. The zero-order valence-electron chi connectivity index (χ0n) is 11.9. The van der Waals surface area contributed by atoms with E-state index in [0.29, 0.717) is 11.8 Å². The summed E-state index contributed by atoms with van der Waals surface area (Å²) >= 11 is 3.51. The van der Waals surface area contributed by atoms with Crippen LogP contribution in [0, 0.1) is 0 Å². The summed E-state index contributed by atoms with van der Waals surface area (Å²) in [7, 11) is 3.43. The first kappa shape index (κ1) is 16.0. The predicted molar refractivity (Wildman–Crippen MR) is 80.3 cm³/mol. The van der Waals surface area contributed by atoms with Crippen molar-refractivity contribution >= 4 is 21.8 Å². The van der Waals surface area contributed by atoms with E-state index in [1.54, 1.807) is 14.1 Å². The fourth-order valence-electron chi connectivity index (χ4n) is 1.36. The van der Waals surface area contributed by atoms with Crippen molar-refractivity contribution < 1.29 is 9.53 Å². The lowest BCUT2D eigenvalue weighted by atomic mass is 10.2. The molecule has 0 saturated carbocycles. The zero-order valence-corrected chi connectivity index (χ0v) is 13.5. The van der Waals surface area contributed by atoms with Crippen LogP contribution in [0.15, 0.2) is 22.7 Å². The summed E-state index contributed by atoms with van der Waals surface area (Å²) < 4.78 is 6.53. The van der Waals surface area contributed by atoms with E-state index in [-0.39, 0.29) is 12.5 Å². The third-order valence-electron chi connectivity index (χ3n) is 2.58. The third-order valence-corrected chi connectivity index (χ3v) is 3.35. The van der Waals surface area contributed by atoms with Crippen LogP contribution in [0.3, 0.4) is 0 Å². The summed E-state index contributed by atoms with van der Waals surface area (Å²) in [6.07, 6.45) is 0. The van der Waals surface area contributed by atoms with Gasteiger partial charge < -0.3 is 15.0 Å². The summed E-state index contributed by atoms with van der Waals surface area (Å²) in [5.41, 5.74) is 1.11. The first-order valence-electron chi connectivity index (χ1n) is 6.25. The third kappa shape index (κ3) is 5.61. The number of halogens is 1. The summed E-state index contributed by atoms with van der Waals surface area (Å²) in [6, 6.07) is 6.16. The zero-order chi connectivity index (χ0) is 14.4. The quantitative estimate of drug-likeness (QED) is 0.871. The van der Waals surface area contributed by atoms with Crippen LogP contribution in [-0.4, -0.2) is 37.6 Å². The van der Waals surface area contributed by atoms with Crippen molar-refractivity contribution in [1.82, 2.24) is 10.2 Å². The Balaban J connectivity index is 2.65. The highest BCUT2D eigenvalue weighted by Crippen LogP contribution is 2.22. The molecule has 19 heavy (non-hydrogen) atoms. The molecule has 0 bridgehead atoms. The van der Waals surface area contributed by atoms with E-state index in [2.05, 4.69) is 35.1 Å². The predicted octanol–water partition coefficient (Wildman–Crippen LogP) is 2.41. The van der Waals surface area contributed by atoms with Crippen LogP contribution in [0.25, 0.3) is 0 Å². The number of ether oxygens (including phenoxy) is 1. The molecule has 0 radical (unpaired) electrons. The Kier molecular flexibility index (Phi) is 6.31. The summed E-state index contributed by atoms with van der Waals surface area (Å²) in [5, 5.41) is 3.35. The van der Waals surface area contributed by atoms with Crippen LogP contribution >= 0.6 is 15.9 Å². The van der Waals surface area contributed by atoms with E-state index >= 15 is 0 Å². The number of carbonyl (C=O) groups is 1. The van der Waals surface area contributed by atoms with Crippen molar-refractivity contribution in [2.24, 2.45) is 0 Å². The molecule has 0 aliphatic carbocycles. The van der Waals surface area contributed by atoms with Crippen molar-refractivity contribution in [3.05, 3.63) is 28.2 Å². The lowest BCUT2D eigenvalue weighted by molar-refractivity contribution is -0.130. The number of hydrogen-bond acceptors (Lipinski definition) is 3. The molecule has 1 N–H and O–H groups in total. The second kappa shape index (κ2) is 7.50. The van der Waals surface area contributed by atoms with Crippen molar-refractivity contribution in [2.45, 2.75) is 26.4 Å². The summed E-state index contributed by atoms with van der Waals surface area (Å²) in [5.74, 6) is 0.656. The van der Waals surface area contributed by atoms with Gasteiger partial charge in [0.25, 0.3) is 5.91 Å². The van der Waals surface area contributed by atoms with Crippen molar-refractivity contribution in [2.75, 3.05) is 20.7 Å². The smallest absolute Gasteiger partial charge is 0.259 e. The molecular formula is C14H21BrN2O2. The largest absolute Gasteiger partial charge is 0.484 e. The minimum atomic E-state index is -0.0511. The van der Waals surface area contributed by atoms with Crippen molar-refractivity contribution in [3.8, 4) is 5.75 Å². The van der Waals surface area contributed by atoms with E-state index in [4.69, 9.17) is 4.74 Å². The molecule has 106 valence electrons. The Morgan fingerprint density at radius 2 is 2.11 bits per heavy atom. The first-order chi connectivity index (χ1) is 8.90. The number of nitrogens with zero attached hydrogens (tertiary/aromatic N) is 1. The number of nitrogens with one attached hydrogen (secondary N) is 1. The number of amides is 1. The highest BCUT2D eigenvalue weighted by Gasteiger charge is 2.07. The van der Waals surface area contributed by atoms with Crippen LogP contribution in [0.4, 0.5) is 0 Å². The van der Waals surface area contributed by atoms with Crippen LogP contribution in [0.2, 0.25) is 0 Å². The maximum atomic E-state index is 11.5. The summed E-state index contributed by atoms with van der Waals surface area (Å²) in [6.45, 7) is 5.02. The molecule has 1 amide bonds. The van der Waals surface area contributed by atoms with Crippen LogP contribution in [-0.2, 0) is 11.3 Å². The first-order valence-corrected chi connectivity index (χ1v) is 7.04. The molecule has 1 aromatic rings. The lowest BCUT2D eigenvalue weighted by Gasteiger charge is -2.14. The van der Waals surface area contributed by atoms with Gasteiger partial charge in [-0.05, 0) is 23.8 Å². The van der Waals surface area contributed by atoms with Gasteiger partial charge >= 0.3 is 0 Å². The number of hydrogen-bond donors (Lipinski definition) is 1. The van der Waals surface area contributed by atoms with Gasteiger partial charge in [0.1, 0.15) is 5.75 Å². The Morgan fingerprint density at radius 1 is 1.42 bits per heavy atom. The van der Waals surface area contributed by atoms with E-state index in [1.807, 2.05) is 18.2 Å². The Hall–Kier alpha value is -1.07. The molecule has 0 saturated heterocycles. The normalized spacial score (nSPS) is 10.6. The van der Waals surface area contributed by atoms with Gasteiger partial charge in [-0.3, -0.25) is 4.79 Å². The molecule has 5 heteroatoms. The fourth-order valence-corrected chi connectivity index (χ4v) is 1.75. The van der Waals surface area contributed by atoms with Crippen LogP contribution < -0.4 is 10.1 Å². The monoisotopic (exact) mass is 328 g/mol. The van der Waals surface area contributed by atoms with E-state index in [0.717, 1.165) is 16.6 Å². The fraction of sp³-hybridized carbons (Fsp3) is 0.500. The molecule has 0 atom stereocenters. The highest BCUT2D eigenvalue weighted by atomic mass is 79.9. The maximum Gasteiger partial charge on any atom is 0.259 e. The summed E-state index contributed by atoms with van der Waals surface area (Å²) in [4.78, 5) is 13.0. The van der Waals surface area contributed by atoms with Crippen molar-refractivity contribution in [1.29, 1.82) is 0 Å². The van der Waals surface area contributed by atoms with Crippen LogP contribution in [0.1, 0.15) is 19.4 Å². The highest BCUT2D eigenvalue weighted by molar-refractivity contribution is 9.10. The van der Waals surface area contributed by atoms with Gasteiger partial charge in [0.05, 0.1) is 0 Å². The van der Waals surface area contributed by atoms with Gasteiger partial charge in [-0.2, -0.15) is 0 Å². The molecule has 0 fully saturated rings. The number of likely N-dealkylation sites (N-methyl/N-ethyl adjacent to an activating group) is 1. The molecule has 0 aliphatic heterocycles. The molecule has 0 heterocycles. The average molecular weight is 329 g/mol. The Morgan fingerprint density at radius 3 is 2.68 bits per heavy atom. The molecule has 1 aromatic carbocycles. The number of rotatable bonds is 6. The topological polar surface area (TPSA) is 41.6 Å². The lowest BCUT2D eigenvalue weighted by Crippen LogP contribution is -2.27. The molecule has 0 unspecified atom stereocenters. The molecule has 4 nitrogen and oxygen atoms in total. The van der Waals surface area contributed by atoms with Gasteiger partial charge in [0, 0.05) is 31.2 Å². The molecular weight excluding hydrogens is 308 g/mol. The Labute approximate surface area is 123 Å². The second-order valence-corrected chi connectivity index (χ2v) is 5.72. The number of carbonyl (C=O) groups excluding carboxylic acids is 1. The molecule has 0 spiro atoms. The van der Waals surface area contributed by atoms with Gasteiger partial charge in [0.15, 0.2) is 6.61 Å². The standard InChI is InChI=1S/C14H21BrN2O2/c1-10(2)16-8-11-7-12(5-6-13(11)15)19-9-14(18)17(3)4/h5-7,10,16H,8-9H2,1-4H3. The minimum Gasteiger partial charge on any atom is -0.484 e. The average Bonchev–Trinajstić information content (AvgIpc) is 2.35. The molecule has 1 rings (SSSR count). The van der Waals surface area contributed by atoms with Crippen LogP contribution in [0.5, 0.6) is 5.75 Å². The minimum absolute atomic E-state index is 0.0511. The number of benzene rings is 1. The van der Waals surface area contributed by atoms with E-state index < -0.39 is 0 Å². The van der Waals surface area contributed by atoms with Gasteiger partial charge in [-0.15, -0.1) is 0 Å². The Bertz CT molecular complexity index is 433. The second-order valence-electron chi connectivity index (χ2n) is 4.87. The van der Waals surface area contributed by atoms with Gasteiger partial charge in [0.2, 0.25) is 0 Å². The SMILES string of the molecule is CC(C)NCc1cc(OCC(=O)N(C)C)ccc1Br. The van der Waals surface area contributed by atoms with Crippen molar-refractivity contribution in [3.63, 3.8) is 0 Å². The molecule has 0 aliphatic rings. The van der Waals surface area contributed by atoms with Gasteiger partial charge in [-0.25, -0.2) is 0 Å². The van der Waals surface area contributed by atoms with E-state index in [9.17, 15) is 4.79 Å². The van der Waals surface area contributed by atoms with E-state index in [1.165, 1.54) is 4.90 Å².